The lowest BCUT2D eigenvalue weighted by Crippen LogP contribution is -2.42. The highest BCUT2D eigenvalue weighted by atomic mass is 35.5. The van der Waals surface area contributed by atoms with Gasteiger partial charge in [-0.1, -0.05) is 23.2 Å². The number of halogens is 5. The van der Waals surface area contributed by atoms with Gasteiger partial charge in [0.2, 0.25) is 0 Å². The van der Waals surface area contributed by atoms with E-state index in [9.17, 15) is 18.0 Å². The Morgan fingerprint density at radius 2 is 1.64 bits per heavy atom. The summed E-state index contributed by atoms with van der Waals surface area (Å²) in [5.74, 6) is -0.213. The predicted octanol–water partition coefficient (Wildman–Crippen LogP) is 5.81. The Kier molecular flexibility index (Phi) is 5.54. The van der Waals surface area contributed by atoms with E-state index in [2.05, 4.69) is 5.32 Å². The zero-order chi connectivity index (χ0) is 18.8. The van der Waals surface area contributed by atoms with Gasteiger partial charge in [0.25, 0.3) is 5.91 Å². The van der Waals surface area contributed by atoms with E-state index in [4.69, 9.17) is 27.9 Å². The van der Waals surface area contributed by atoms with Gasteiger partial charge in [0, 0.05) is 10.7 Å². The van der Waals surface area contributed by atoms with E-state index in [0.717, 1.165) is 12.1 Å². The molecule has 3 nitrogen and oxygen atoms in total. The number of amides is 1. The van der Waals surface area contributed by atoms with Crippen molar-refractivity contribution >= 4 is 34.8 Å². The molecule has 0 atom stereocenters. The lowest BCUT2D eigenvalue weighted by atomic mass is 10.1. The van der Waals surface area contributed by atoms with Crippen LogP contribution in [0.2, 0.25) is 10.0 Å². The third kappa shape index (κ3) is 5.03. The van der Waals surface area contributed by atoms with Crippen LogP contribution in [-0.4, -0.2) is 11.5 Å². The fourth-order valence-corrected chi connectivity index (χ4v) is 2.30. The first-order chi connectivity index (χ1) is 11.5. The second kappa shape index (κ2) is 7.14. The molecular formula is C17H14Cl2F3NO2. The van der Waals surface area contributed by atoms with E-state index in [1.807, 2.05) is 0 Å². The molecule has 0 heterocycles. The van der Waals surface area contributed by atoms with E-state index in [1.54, 1.807) is 24.3 Å². The van der Waals surface area contributed by atoms with Crippen LogP contribution in [0.3, 0.4) is 0 Å². The molecule has 0 radical (unpaired) electrons. The second-order valence-electron chi connectivity index (χ2n) is 5.71. The molecule has 0 aliphatic rings. The maximum absolute atomic E-state index is 12.9. The van der Waals surface area contributed by atoms with Crippen LogP contribution in [0.5, 0.6) is 5.75 Å². The second-order valence-corrected chi connectivity index (χ2v) is 6.56. The van der Waals surface area contributed by atoms with Crippen LogP contribution < -0.4 is 10.1 Å². The number of anilines is 1. The Bertz CT molecular complexity index is 774. The Balaban J connectivity index is 2.16. The number of benzene rings is 2. The van der Waals surface area contributed by atoms with Crippen LogP contribution in [-0.2, 0) is 11.0 Å². The van der Waals surface area contributed by atoms with E-state index >= 15 is 0 Å². The average Bonchev–Trinajstić information content (AvgIpc) is 2.50. The van der Waals surface area contributed by atoms with Crippen molar-refractivity contribution < 1.29 is 22.7 Å². The van der Waals surface area contributed by atoms with Crippen molar-refractivity contribution in [1.29, 1.82) is 0 Å². The summed E-state index contributed by atoms with van der Waals surface area (Å²) in [4.78, 5) is 12.4. The van der Waals surface area contributed by atoms with Crippen molar-refractivity contribution in [2.45, 2.75) is 25.6 Å². The topological polar surface area (TPSA) is 38.3 Å². The molecule has 0 bridgehead atoms. The van der Waals surface area contributed by atoms with Gasteiger partial charge in [0.15, 0.2) is 5.60 Å². The smallest absolute Gasteiger partial charge is 0.417 e. The maximum Gasteiger partial charge on any atom is 0.417 e. The molecule has 0 saturated carbocycles. The lowest BCUT2D eigenvalue weighted by Gasteiger charge is -2.25. The van der Waals surface area contributed by atoms with Crippen LogP contribution in [0.4, 0.5) is 18.9 Å². The molecule has 8 heteroatoms. The first-order valence-corrected chi connectivity index (χ1v) is 7.87. The summed E-state index contributed by atoms with van der Waals surface area (Å²) < 4.78 is 44.3. The summed E-state index contributed by atoms with van der Waals surface area (Å²) in [6.07, 6.45) is -4.62. The van der Waals surface area contributed by atoms with Crippen molar-refractivity contribution in [2.75, 3.05) is 5.32 Å². The number of hydrogen-bond donors (Lipinski definition) is 1. The number of alkyl halides is 3. The highest BCUT2D eigenvalue weighted by Crippen LogP contribution is 2.36. The summed E-state index contributed by atoms with van der Waals surface area (Å²) >= 11 is 11.3. The third-order valence-electron chi connectivity index (χ3n) is 3.26. The van der Waals surface area contributed by atoms with Gasteiger partial charge in [-0.3, -0.25) is 4.79 Å². The SMILES string of the molecule is CC(C)(Oc1ccc(Cl)cc1)C(=O)Nc1ccc(Cl)c(C(F)(F)F)c1. The van der Waals surface area contributed by atoms with Crippen molar-refractivity contribution in [3.05, 3.63) is 58.1 Å². The largest absolute Gasteiger partial charge is 0.478 e. The molecule has 0 spiro atoms. The molecule has 0 unspecified atom stereocenters. The monoisotopic (exact) mass is 391 g/mol. The Hall–Kier alpha value is -1.92. The minimum Gasteiger partial charge on any atom is -0.478 e. The molecule has 0 aliphatic heterocycles. The van der Waals surface area contributed by atoms with Gasteiger partial charge in [-0.2, -0.15) is 13.2 Å². The molecule has 0 fully saturated rings. The maximum atomic E-state index is 12.9. The highest BCUT2D eigenvalue weighted by molar-refractivity contribution is 6.31. The van der Waals surface area contributed by atoms with Gasteiger partial charge in [0.1, 0.15) is 5.75 Å². The van der Waals surface area contributed by atoms with Gasteiger partial charge >= 0.3 is 6.18 Å². The molecule has 1 N–H and O–H groups in total. The minimum atomic E-state index is -4.62. The Morgan fingerprint density at radius 1 is 1.04 bits per heavy atom. The number of hydrogen-bond acceptors (Lipinski definition) is 2. The molecule has 2 aromatic carbocycles. The number of nitrogens with one attached hydrogen (secondary N) is 1. The fourth-order valence-electron chi connectivity index (χ4n) is 1.95. The number of carbonyl (C=O) groups is 1. The molecule has 134 valence electrons. The number of rotatable bonds is 4. The molecule has 1 amide bonds. The number of ether oxygens (including phenoxy) is 1. The van der Waals surface area contributed by atoms with E-state index in [-0.39, 0.29) is 5.69 Å². The Morgan fingerprint density at radius 3 is 2.20 bits per heavy atom. The zero-order valence-electron chi connectivity index (χ0n) is 13.2. The zero-order valence-corrected chi connectivity index (χ0v) is 14.8. The highest BCUT2D eigenvalue weighted by Gasteiger charge is 2.34. The van der Waals surface area contributed by atoms with Gasteiger partial charge in [-0.05, 0) is 56.3 Å². The van der Waals surface area contributed by atoms with E-state index < -0.39 is 28.3 Å². The van der Waals surface area contributed by atoms with E-state index in [1.165, 1.54) is 19.9 Å². The Labute approximate surface area is 152 Å². The summed E-state index contributed by atoms with van der Waals surface area (Å²) in [5, 5.41) is 2.47. The van der Waals surface area contributed by atoms with Gasteiger partial charge in [-0.15, -0.1) is 0 Å². The summed E-state index contributed by atoms with van der Waals surface area (Å²) in [5.41, 5.74) is -2.39. The van der Waals surface area contributed by atoms with Crippen LogP contribution in [0, 0.1) is 0 Å². The summed E-state index contributed by atoms with van der Waals surface area (Å²) in [7, 11) is 0. The standard InChI is InChI=1S/C17H14Cl2F3NO2/c1-16(2,25-12-6-3-10(18)4-7-12)15(24)23-11-5-8-14(19)13(9-11)17(20,21)22/h3-9H,1-2H3,(H,23,24). The van der Waals surface area contributed by atoms with Crippen LogP contribution in [0.25, 0.3) is 0 Å². The van der Waals surface area contributed by atoms with Crippen molar-refractivity contribution in [2.24, 2.45) is 0 Å². The molecule has 25 heavy (non-hydrogen) atoms. The quantitative estimate of drug-likeness (QED) is 0.713. The van der Waals surface area contributed by atoms with Crippen LogP contribution in [0.15, 0.2) is 42.5 Å². The van der Waals surface area contributed by atoms with Gasteiger partial charge < -0.3 is 10.1 Å². The first-order valence-electron chi connectivity index (χ1n) is 7.12. The lowest BCUT2D eigenvalue weighted by molar-refractivity contribution is -0.137. The third-order valence-corrected chi connectivity index (χ3v) is 3.84. The summed E-state index contributed by atoms with van der Waals surface area (Å²) in [6.45, 7) is 3.00. The number of carbonyl (C=O) groups excluding carboxylic acids is 1. The van der Waals surface area contributed by atoms with Crippen molar-refractivity contribution in [3.63, 3.8) is 0 Å². The van der Waals surface area contributed by atoms with Crippen molar-refractivity contribution in [3.8, 4) is 5.75 Å². The average molecular weight is 392 g/mol. The molecule has 0 aromatic heterocycles. The summed E-state index contributed by atoms with van der Waals surface area (Å²) in [6, 6.07) is 9.50. The fraction of sp³-hybridized carbons (Fsp3) is 0.235. The first kappa shape index (κ1) is 19.4. The van der Waals surface area contributed by atoms with Gasteiger partial charge in [-0.25, -0.2) is 0 Å². The normalized spacial score (nSPS) is 12.0. The minimum absolute atomic E-state index is 0.0329. The molecule has 2 aromatic rings. The van der Waals surface area contributed by atoms with Gasteiger partial charge in [0.05, 0.1) is 10.6 Å². The van der Waals surface area contributed by atoms with E-state index in [0.29, 0.717) is 10.8 Å². The molecule has 0 aliphatic carbocycles. The van der Waals surface area contributed by atoms with Crippen LogP contribution in [0.1, 0.15) is 19.4 Å². The molecule has 0 saturated heterocycles. The predicted molar refractivity (Wildman–Crippen MR) is 91.2 cm³/mol. The van der Waals surface area contributed by atoms with Crippen molar-refractivity contribution in [1.82, 2.24) is 0 Å². The van der Waals surface area contributed by atoms with Crippen LogP contribution >= 0.6 is 23.2 Å². The molecular weight excluding hydrogens is 378 g/mol. The molecule has 2 rings (SSSR count).